The topological polar surface area (TPSA) is 59.3 Å². The Balaban J connectivity index is 1.92. The van der Waals surface area contributed by atoms with Crippen molar-refractivity contribution in [1.29, 1.82) is 0 Å². The van der Waals surface area contributed by atoms with Crippen molar-refractivity contribution in [3.63, 3.8) is 0 Å². The summed E-state index contributed by atoms with van der Waals surface area (Å²) in [4.78, 5) is 11.6. The number of nitrogens with zero attached hydrogens (tertiary/aromatic N) is 3. The van der Waals surface area contributed by atoms with Crippen LogP contribution in [0.5, 0.6) is 0 Å². The summed E-state index contributed by atoms with van der Waals surface area (Å²) in [6.45, 7) is 4.64. The zero-order chi connectivity index (χ0) is 13.0. The minimum atomic E-state index is 0.0661. The van der Waals surface area contributed by atoms with Crippen molar-refractivity contribution in [3.8, 4) is 0 Å². The van der Waals surface area contributed by atoms with Gasteiger partial charge in [-0.05, 0) is 24.5 Å². The maximum absolute atomic E-state index is 11.6. The lowest BCUT2D eigenvalue weighted by atomic mass is 10.1. The van der Waals surface area contributed by atoms with Crippen LogP contribution in [-0.4, -0.2) is 20.5 Å². The smallest absolute Gasteiger partial charge is 0.220 e. The average Bonchev–Trinajstić information content (AvgIpc) is 2.77. The normalized spacial score (nSPS) is 11.1. The molecule has 0 bridgehead atoms. The highest BCUT2D eigenvalue weighted by Crippen LogP contribution is 2.04. The summed E-state index contributed by atoms with van der Waals surface area (Å²) in [6, 6.07) is 5.71. The first kappa shape index (κ1) is 12.5. The van der Waals surface area contributed by atoms with E-state index in [1.54, 1.807) is 0 Å². The maximum Gasteiger partial charge on any atom is 0.220 e. The number of rotatable bonds is 5. The number of fused-ring (bicyclic) bond motifs is 1. The van der Waals surface area contributed by atoms with Gasteiger partial charge >= 0.3 is 0 Å². The molecule has 1 amide bonds. The van der Waals surface area contributed by atoms with Crippen molar-refractivity contribution in [2.75, 3.05) is 0 Å². The largest absolute Gasteiger partial charge is 0.349 e. The van der Waals surface area contributed by atoms with E-state index in [0.717, 1.165) is 17.9 Å². The van der Waals surface area contributed by atoms with E-state index in [4.69, 9.17) is 0 Å². The molecular weight excluding hydrogens is 228 g/mol. The number of nitrogens with one attached hydrogen (secondary N) is 1. The molecule has 18 heavy (non-hydrogen) atoms. The molecule has 0 unspecified atom stereocenters. The molecule has 0 fully saturated rings. The van der Waals surface area contributed by atoms with E-state index in [9.17, 15) is 4.79 Å². The van der Waals surface area contributed by atoms with Gasteiger partial charge in [0.05, 0.1) is 6.54 Å². The molecule has 5 nitrogen and oxygen atoms in total. The second-order valence-corrected chi connectivity index (χ2v) is 4.75. The lowest BCUT2D eigenvalue weighted by Gasteiger charge is -2.05. The highest BCUT2D eigenvalue weighted by Gasteiger charge is 2.07. The van der Waals surface area contributed by atoms with E-state index < -0.39 is 0 Å². The molecule has 0 saturated carbocycles. The lowest BCUT2D eigenvalue weighted by Crippen LogP contribution is -2.24. The summed E-state index contributed by atoms with van der Waals surface area (Å²) in [5.41, 5.74) is 0.795. The Morgan fingerprint density at radius 2 is 2.22 bits per heavy atom. The molecular formula is C13H18N4O. The summed E-state index contributed by atoms with van der Waals surface area (Å²) >= 11 is 0. The maximum atomic E-state index is 11.6. The molecule has 2 aromatic rings. The van der Waals surface area contributed by atoms with Crippen LogP contribution in [0.2, 0.25) is 0 Å². The Hall–Kier alpha value is -1.91. The molecule has 2 rings (SSSR count). The highest BCUT2D eigenvalue weighted by atomic mass is 16.1. The summed E-state index contributed by atoms with van der Waals surface area (Å²) in [5.74, 6) is 1.37. The number of carbonyl (C=O) groups excluding carboxylic acids is 1. The molecule has 0 radical (unpaired) electrons. The number of amides is 1. The van der Waals surface area contributed by atoms with Gasteiger partial charge in [-0.25, -0.2) is 0 Å². The Labute approximate surface area is 106 Å². The predicted molar refractivity (Wildman–Crippen MR) is 68.9 cm³/mol. The van der Waals surface area contributed by atoms with Crippen LogP contribution in [0.15, 0.2) is 24.4 Å². The quantitative estimate of drug-likeness (QED) is 0.874. The van der Waals surface area contributed by atoms with Crippen LogP contribution in [0.25, 0.3) is 5.65 Å². The van der Waals surface area contributed by atoms with Gasteiger partial charge in [-0.1, -0.05) is 19.9 Å². The van der Waals surface area contributed by atoms with Crippen LogP contribution < -0.4 is 5.32 Å². The Kier molecular flexibility index (Phi) is 3.92. The van der Waals surface area contributed by atoms with Crippen molar-refractivity contribution < 1.29 is 4.79 Å². The minimum absolute atomic E-state index is 0.0661. The molecule has 0 aliphatic rings. The van der Waals surface area contributed by atoms with Crippen molar-refractivity contribution in [3.05, 3.63) is 30.2 Å². The van der Waals surface area contributed by atoms with Gasteiger partial charge < -0.3 is 5.32 Å². The fraction of sp³-hybridized carbons (Fsp3) is 0.462. The number of hydrogen-bond acceptors (Lipinski definition) is 3. The van der Waals surface area contributed by atoms with Crippen LogP contribution in [0.1, 0.15) is 32.5 Å². The van der Waals surface area contributed by atoms with Crippen LogP contribution in [0.3, 0.4) is 0 Å². The third-order valence-corrected chi connectivity index (χ3v) is 2.78. The molecule has 0 aliphatic heterocycles. The molecule has 0 saturated heterocycles. The van der Waals surface area contributed by atoms with Gasteiger partial charge in [-0.15, -0.1) is 10.2 Å². The van der Waals surface area contributed by atoms with Crippen molar-refractivity contribution in [2.45, 2.75) is 33.2 Å². The van der Waals surface area contributed by atoms with E-state index >= 15 is 0 Å². The monoisotopic (exact) mass is 246 g/mol. The fourth-order valence-corrected chi connectivity index (χ4v) is 1.70. The van der Waals surface area contributed by atoms with E-state index in [0.29, 0.717) is 18.9 Å². The zero-order valence-corrected chi connectivity index (χ0v) is 10.8. The van der Waals surface area contributed by atoms with Crippen LogP contribution in [0, 0.1) is 5.92 Å². The molecule has 0 atom stereocenters. The molecule has 2 heterocycles. The number of pyridine rings is 1. The molecule has 0 aromatic carbocycles. The zero-order valence-electron chi connectivity index (χ0n) is 10.8. The average molecular weight is 246 g/mol. The van der Waals surface area contributed by atoms with E-state index in [1.807, 2.05) is 28.8 Å². The standard InChI is InChI=1S/C13H18N4O/c1-10(2)6-7-13(18)14-9-12-16-15-11-5-3-4-8-17(11)12/h3-5,8,10H,6-7,9H2,1-2H3,(H,14,18). The van der Waals surface area contributed by atoms with E-state index in [1.165, 1.54) is 0 Å². The van der Waals surface area contributed by atoms with Crippen LogP contribution >= 0.6 is 0 Å². The number of aromatic nitrogens is 3. The Morgan fingerprint density at radius 1 is 1.39 bits per heavy atom. The third-order valence-electron chi connectivity index (χ3n) is 2.78. The van der Waals surface area contributed by atoms with E-state index in [-0.39, 0.29) is 5.91 Å². The third kappa shape index (κ3) is 3.06. The van der Waals surface area contributed by atoms with Gasteiger partial charge in [0.15, 0.2) is 11.5 Å². The van der Waals surface area contributed by atoms with Crippen LogP contribution in [-0.2, 0) is 11.3 Å². The Bertz CT molecular complexity index is 533. The van der Waals surface area contributed by atoms with Gasteiger partial charge in [-0.2, -0.15) is 0 Å². The van der Waals surface area contributed by atoms with Crippen molar-refractivity contribution in [1.82, 2.24) is 19.9 Å². The fourth-order valence-electron chi connectivity index (χ4n) is 1.70. The van der Waals surface area contributed by atoms with Gasteiger partial charge in [-0.3, -0.25) is 9.20 Å². The second kappa shape index (κ2) is 5.62. The van der Waals surface area contributed by atoms with Crippen molar-refractivity contribution >= 4 is 11.6 Å². The van der Waals surface area contributed by atoms with E-state index in [2.05, 4.69) is 29.4 Å². The minimum Gasteiger partial charge on any atom is -0.349 e. The second-order valence-electron chi connectivity index (χ2n) is 4.75. The first-order valence-corrected chi connectivity index (χ1v) is 6.22. The first-order chi connectivity index (χ1) is 8.66. The molecule has 1 N–H and O–H groups in total. The summed E-state index contributed by atoms with van der Waals surface area (Å²) in [7, 11) is 0. The molecule has 5 heteroatoms. The van der Waals surface area contributed by atoms with Gasteiger partial charge in [0.1, 0.15) is 0 Å². The van der Waals surface area contributed by atoms with Crippen molar-refractivity contribution in [2.24, 2.45) is 5.92 Å². The lowest BCUT2D eigenvalue weighted by molar-refractivity contribution is -0.121. The summed E-state index contributed by atoms with van der Waals surface area (Å²) in [5, 5.41) is 11.0. The van der Waals surface area contributed by atoms with Gasteiger partial charge in [0, 0.05) is 12.6 Å². The van der Waals surface area contributed by atoms with Gasteiger partial charge in [0.2, 0.25) is 5.91 Å². The molecule has 2 aromatic heterocycles. The van der Waals surface area contributed by atoms with Gasteiger partial charge in [0.25, 0.3) is 0 Å². The molecule has 96 valence electrons. The SMILES string of the molecule is CC(C)CCC(=O)NCc1nnc2ccccn12. The molecule has 0 spiro atoms. The predicted octanol–water partition coefficient (Wildman–Crippen LogP) is 1.78. The highest BCUT2D eigenvalue weighted by molar-refractivity contribution is 5.75. The molecule has 0 aliphatic carbocycles. The summed E-state index contributed by atoms with van der Waals surface area (Å²) in [6.07, 6.45) is 3.37. The van der Waals surface area contributed by atoms with Crippen LogP contribution in [0.4, 0.5) is 0 Å². The first-order valence-electron chi connectivity index (χ1n) is 6.22. The number of hydrogen-bond donors (Lipinski definition) is 1. The summed E-state index contributed by atoms with van der Waals surface area (Å²) < 4.78 is 1.88. The Morgan fingerprint density at radius 3 is 3.00 bits per heavy atom. The number of carbonyl (C=O) groups is 1.